The van der Waals surface area contributed by atoms with Gasteiger partial charge in [0.15, 0.2) is 0 Å². The van der Waals surface area contributed by atoms with Crippen molar-refractivity contribution < 1.29 is 19.1 Å². The number of rotatable bonds is 13. The summed E-state index contributed by atoms with van der Waals surface area (Å²) in [6.45, 7) is 16.1. The molecule has 0 radical (unpaired) electrons. The van der Waals surface area contributed by atoms with Crippen LogP contribution in [0.5, 0.6) is 0 Å². The molecule has 0 saturated heterocycles. The van der Waals surface area contributed by atoms with Gasteiger partial charge in [-0.15, -0.1) is 0 Å². The Morgan fingerprint density at radius 3 is 2.25 bits per heavy atom. The molecule has 1 aromatic carbocycles. The minimum absolute atomic E-state index is 0.124. The van der Waals surface area contributed by atoms with Crippen LogP contribution < -0.4 is 10.6 Å². The number of ether oxygens (including phenoxy) is 1. The Bertz CT molecular complexity index is 963. The summed E-state index contributed by atoms with van der Waals surface area (Å²) in [5, 5.41) is 6.14. The van der Waals surface area contributed by atoms with Gasteiger partial charge in [-0.25, -0.2) is 4.79 Å². The maximum atomic E-state index is 14.4. The fraction of sp³-hybridized carbons (Fsp3) is 0.727. The number of alkyl carbamates (subject to hydrolysis) is 1. The highest BCUT2D eigenvalue weighted by Crippen LogP contribution is 2.28. The lowest BCUT2D eigenvalue weighted by Gasteiger charge is -2.36. The first-order chi connectivity index (χ1) is 18.8. The molecule has 2 unspecified atom stereocenters. The number of nitrogens with zero attached hydrogens (tertiary/aromatic N) is 1. The highest BCUT2D eigenvalue weighted by atomic mass is 16.6. The van der Waals surface area contributed by atoms with Crippen LogP contribution in [0.3, 0.4) is 0 Å². The van der Waals surface area contributed by atoms with Crippen LogP contribution in [0.25, 0.3) is 0 Å². The molecule has 0 aliphatic heterocycles. The normalized spacial score (nSPS) is 15.8. The summed E-state index contributed by atoms with van der Waals surface area (Å²) in [6.07, 6.45) is 9.07. The third-order valence-electron chi connectivity index (χ3n) is 7.59. The highest BCUT2D eigenvalue weighted by Gasteiger charge is 2.37. The van der Waals surface area contributed by atoms with Crippen LogP contribution in [0.1, 0.15) is 128 Å². The second-order valence-corrected chi connectivity index (χ2v) is 13.0. The maximum absolute atomic E-state index is 14.4. The van der Waals surface area contributed by atoms with Crippen LogP contribution in [0.15, 0.2) is 18.2 Å². The van der Waals surface area contributed by atoms with Gasteiger partial charge in [-0.2, -0.15) is 0 Å². The van der Waals surface area contributed by atoms with Gasteiger partial charge in [-0.1, -0.05) is 77.5 Å². The molecule has 226 valence electrons. The summed E-state index contributed by atoms with van der Waals surface area (Å²) in [5.41, 5.74) is 2.34. The first kappa shape index (κ1) is 33.6. The van der Waals surface area contributed by atoms with Gasteiger partial charge in [-0.05, 0) is 82.9 Å². The first-order valence-electron chi connectivity index (χ1n) is 15.5. The van der Waals surface area contributed by atoms with Crippen LogP contribution in [0.2, 0.25) is 0 Å². The van der Waals surface area contributed by atoms with E-state index in [0.29, 0.717) is 13.0 Å². The van der Waals surface area contributed by atoms with Crippen LogP contribution in [0, 0.1) is 19.8 Å². The van der Waals surface area contributed by atoms with Crippen LogP contribution >= 0.6 is 0 Å². The average Bonchev–Trinajstić information content (AvgIpc) is 2.86. The predicted molar refractivity (Wildman–Crippen MR) is 162 cm³/mol. The molecule has 1 aliphatic rings. The van der Waals surface area contributed by atoms with E-state index in [9.17, 15) is 14.4 Å². The van der Waals surface area contributed by atoms with E-state index in [1.165, 1.54) is 6.42 Å². The molecule has 0 heterocycles. The van der Waals surface area contributed by atoms with E-state index in [1.54, 1.807) is 25.7 Å². The number of benzene rings is 1. The Hall–Kier alpha value is -2.57. The largest absolute Gasteiger partial charge is 0.444 e. The molecule has 3 amide bonds. The molecule has 7 nitrogen and oxygen atoms in total. The van der Waals surface area contributed by atoms with Crippen molar-refractivity contribution in [2.75, 3.05) is 6.54 Å². The van der Waals surface area contributed by atoms with Crippen molar-refractivity contribution in [2.24, 2.45) is 5.92 Å². The minimum Gasteiger partial charge on any atom is -0.444 e. The van der Waals surface area contributed by atoms with E-state index in [-0.39, 0.29) is 23.8 Å². The van der Waals surface area contributed by atoms with Crippen molar-refractivity contribution in [1.29, 1.82) is 0 Å². The quantitative estimate of drug-likeness (QED) is 0.252. The minimum atomic E-state index is -0.794. The molecule has 0 bridgehead atoms. The maximum Gasteiger partial charge on any atom is 0.408 e. The number of nitrogens with one attached hydrogen (secondary N) is 2. The van der Waals surface area contributed by atoms with Crippen molar-refractivity contribution in [3.05, 3.63) is 34.9 Å². The zero-order chi connectivity index (χ0) is 29.9. The molecule has 1 aliphatic carbocycles. The van der Waals surface area contributed by atoms with Crippen LogP contribution in [-0.4, -0.2) is 47.0 Å². The number of carbonyl (C=O) groups excluding carboxylic acids is 3. The van der Waals surface area contributed by atoms with Gasteiger partial charge in [-0.3, -0.25) is 9.59 Å². The molecule has 0 aromatic heterocycles. The standard InChI is InChI=1S/C33H55N3O4/c1-9-10-11-15-20-36(31(38)28(21-23(2)3)35-32(39)40-33(6,7)8)29(26-19-18-24(4)25(5)22-26)30(37)34-27-16-13-12-14-17-27/h18-19,22-23,27-29H,9-17,20-21H2,1-8H3,(H,34,37)(H,35,39). The van der Waals surface area contributed by atoms with Crippen LogP contribution in [0.4, 0.5) is 4.79 Å². The zero-order valence-corrected chi connectivity index (χ0v) is 26.4. The fourth-order valence-electron chi connectivity index (χ4n) is 5.35. The van der Waals surface area contributed by atoms with Gasteiger partial charge < -0.3 is 20.3 Å². The smallest absolute Gasteiger partial charge is 0.408 e. The molecule has 2 N–H and O–H groups in total. The zero-order valence-electron chi connectivity index (χ0n) is 26.4. The van der Waals surface area contributed by atoms with Crippen molar-refractivity contribution in [1.82, 2.24) is 15.5 Å². The van der Waals surface area contributed by atoms with E-state index >= 15 is 0 Å². The van der Waals surface area contributed by atoms with Gasteiger partial charge in [0.2, 0.25) is 11.8 Å². The Morgan fingerprint density at radius 2 is 1.68 bits per heavy atom. The van der Waals surface area contributed by atoms with Gasteiger partial charge in [0.1, 0.15) is 17.7 Å². The van der Waals surface area contributed by atoms with Gasteiger partial charge in [0.25, 0.3) is 0 Å². The third kappa shape index (κ3) is 11.1. The molecule has 1 saturated carbocycles. The SMILES string of the molecule is CCCCCCN(C(=O)C(CC(C)C)NC(=O)OC(C)(C)C)C(C(=O)NC1CCCCC1)c1ccc(C)c(C)c1. The lowest BCUT2D eigenvalue weighted by atomic mass is 9.93. The van der Waals surface area contributed by atoms with E-state index in [2.05, 4.69) is 17.6 Å². The lowest BCUT2D eigenvalue weighted by Crippen LogP contribution is -2.54. The molecule has 7 heteroatoms. The van der Waals surface area contributed by atoms with Gasteiger partial charge in [0.05, 0.1) is 0 Å². The third-order valence-corrected chi connectivity index (χ3v) is 7.59. The molecule has 1 aromatic rings. The number of hydrogen-bond donors (Lipinski definition) is 2. The Morgan fingerprint density at radius 1 is 1.00 bits per heavy atom. The van der Waals surface area contributed by atoms with E-state index in [1.807, 2.05) is 45.9 Å². The number of hydrogen-bond acceptors (Lipinski definition) is 4. The summed E-state index contributed by atoms with van der Waals surface area (Å²) < 4.78 is 5.51. The molecular formula is C33H55N3O4. The topological polar surface area (TPSA) is 87.7 Å². The summed E-state index contributed by atoms with van der Waals surface area (Å²) in [4.78, 5) is 43.0. The molecular weight excluding hydrogens is 502 g/mol. The summed E-state index contributed by atoms with van der Waals surface area (Å²) in [6, 6.07) is 4.58. The molecule has 40 heavy (non-hydrogen) atoms. The summed E-state index contributed by atoms with van der Waals surface area (Å²) >= 11 is 0. The van der Waals surface area contributed by atoms with Crippen LogP contribution in [-0.2, 0) is 14.3 Å². The lowest BCUT2D eigenvalue weighted by molar-refractivity contribution is -0.143. The van der Waals surface area contributed by atoms with Gasteiger partial charge >= 0.3 is 6.09 Å². The number of aryl methyl sites for hydroxylation is 2. The Kier molecular flexibility index (Phi) is 13.5. The number of carbonyl (C=O) groups is 3. The fourth-order valence-corrected chi connectivity index (χ4v) is 5.35. The van der Waals surface area contributed by atoms with Gasteiger partial charge in [0, 0.05) is 12.6 Å². The van der Waals surface area contributed by atoms with E-state index < -0.39 is 23.8 Å². The molecule has 0 spiro atoms. The summed E-state index contributed by atoms with van der Waals surface area (Å²) in [5.74, 6) is -0.223. The molecule has 2 atom stereocenters. The van der Waals surface area contributed by atoms with Crippen molar-refractivity contribution >= 4 is 17.9 Å². The van der Waals surface area contributed by atoms with Crippen molar-refractivity contribution in [2.45, 2.75) is 143 Å². The molecule has 1 fully saturated rings. The Labute approximate surface area is 243 Å². The predicted octanol–water partition coefficient (Wildman–Crippen LogP) is 7.14. The number of amides is 3. The summed E-state index contributed by atoms with van der Waals surface area (Å²) in [7, 11) is 0. The Balaban J connectivity index is 2.50. The first-order valence-corrected chi connectivity index (χ1v) is 15.5. The highest BCUT2D eigenvalue weighted by molar-refractivity contribution is 5.92. The monoisotopic (exact) mass is 557 g/mol. The molecule has 2 rings (SSSR count). The van der Waals surface area contributed by atoms with Crippen molar-refractivity contribution in [3.63, 3.8) is 0 Å². The second kappa shape index (κ2) is 16.0. The number of unbranched alkanes of at least 4 members (excludes halogenated alkanes) is 3. The van der Waals surface area contributed by atoms with E-state index in [4.69, 9.17) is 4.74 Å². The van der Waals surface area contributed by atoms with E-state index in [0.717, 1.165) is 68.1 Å². The van der Waals surface area contributed by atoms with Crippen molar-refractivity contribution in [3.8, 4) is 0 Å². The average molecular weight is 558 g/mol. The second-order valence-electron chi connectivity index (χ2n) is 13.0.